The van der Waals surface area contributed by atoms with Crippen molar-refractivity contribution in [1.29, 1.82) is 0 Å². The normalized spacial score (nSPS) is 16.0. The Balaban J connectivity index is 1.67. The summed E-state index contributed by atoms with van der Waals surface area (Å²) in [4.78, 5) is 15.0. The van der Waals surface area contributed by atoms with E-state index < -0.39 is 0 Å². The minimum atomic E-state index is -0.129. The Morgan fingerprint density at radius 2 is 1.77 bits per heavy atom. The lowest BCUT2D eigenvalue weighted by molar-refractivity contribution is 0.181. The highest BCUT2D eigenvalue weighted by atomic mass is 16.5. The third-order valence-electron chi connectivity index (χ3n) is 4.76. The van der Waals surface area contributed by atoms with Gasteiger partial charge in [0.15, 0.2) is 0 Å². The summed E-state index contributed by atoms with van der Waals surface area (Å²) >= 11 is 0. The van der Waals surface area contributed by atoms with E-state index in [0.717, 1.165) is 17.8 Å². The smallest absolute Gasteiger partial charge is 0.322 e. The van der Waals surface area contributed by atoms with Crippen LogP contribution in [0.25, 0.3) is 0 Å². The van der Waals surface area contributed by atoms with Gasteiger partial charge in [0.25, 0.3) is 0 Å². The van der Waals surface area contributed by atoms with Crippen LogP contribution in [0.2, 0.25) is 0 Å². The van der Waals surface area contributed by atoms with Crippen LogP contribution >= 0.6 is 0 Å². The van der Waals surface area contributed by atoms with E-state index in [4.69, 9.17) is 4.74 Å². The van der Waals surface area contributed by atoms with Crippen LogP contribution in [0.5, 0.6) is 5.75 Å². The highest BCUT2D eigenvalue weighted by molar-refractivity contribution is 5.91. The summed E-state index contributed by atoms with van der Waals surface area (Å²) in [5.41, 5.74) is 2.90. The lowest BCUT2D eigenvalue weighted by atomic mass is 10.0. The van der Waals surface area contributed by atoms with Crippen LogP contribution in [0.3, 0.4) is 0 Å². The highest BCUT2D eigenvalue weighted by Gasteiger charge is 2.32. The van der Waals surface area contributed by atoms with Crippen LogP contribution in [0.1, 0.15) is 17.3 Å². The first-order chi connectivity index (χ1) is 12.8. The largest absolute Gasteiger partial charge is 0.495 e. The predicted molar refractivity (Wildman–Crippen MR) is 101 cm³/mol. The summed E-state index contributed by atoms with van der Waals surface area (Å²) in [6.07, 6.45) is 2.07. The molecule has 132 valence electrons. The molecule has 1 aromatic heterocycles. The molecule has 26 heavy (non-hydrogen) atoms. The first kappa shape index (κ1) is 16.3. The monoisotopic (exact) mass is 347 g/mol. The maximum absolute atomic E-state index is 13.1. The predicted octanol–water partition coefficient (Wildman–Crippen LogP) is 4.13. The summed E-state index contributed by atoms with van der Waals surface area (Å²) < 4.78 is 7.56. The average Bonchev–Trinajstić information content (AvgIpc) is 3.17. The molecule has 2 heterocycles. The molecule has 5 heteroatoms. The number of amides is 2. The lowest BCUT2D eigenvalue weighted by Gasteiger charge is -2.37. The van der Waals surface area contributed by atoms with E-state index in [2.05, 4.69) is 34.3 Å². The summed E-state index contributed by atoms with van der Waals surface area (Å²) in [7, 11) is 1.60. The van der Waals surface area contributed by atoms with Gasteiger partial charge in [-0.1, -0.05) is 42.5 Å². The molecule has 0 fully saturated rings. The molecule has 2 aromatic carbocycles. The van der Waals surface area contributed by atoms with E-state index >= 15 is 0 Å². The van der Waals surface area contributed by atoms with Crippen molar-refractivity contribution in [2.75, 3.05) is 19.0 Å². The van der Waals surface area contributed by atoms with Crippen molar-refractivity contribution < 1.29 is 9.53 Å². The van der Waals surface area contributed by atoms with Crippen molar-refractivity contribution in [2.24, 2.45) is 0 Å². The molecule has 2 amide bonds. The molecule has 1 N–H and O–H groups in total. The van der Waals surface area contributed by atoms with Gasteiger partial charge >= 0.3 is 6.03 Å². The number of fused-ring (bicyclic) bond motifs is 1. The van der Waals surface area contributed by atoms with Gasteiger partial charge in [-0.2, -0.15) is 0 Å². The van der Waals surface area contributed by atoms with Crippen molar-refractivity contribution in [3.63, 3.8) is 0 Å². The third kappa shape index (κ3) is 2.92. The number of hydrogen-bond donors (Lipinski definition) is 1. The Morgan fingerprint density at radius 1 is 1.00 bits per heavy atom. The van der Waals surface area contributed by atoms with Gasteiger partial charge < -0.3 is 19.5 Å². The molecule has 0 radical (unpaired) electrons. The maximum atomic E-state index is 13.1. The number of nitrogens with zero attached hydrogens (tertiary/aromatic N) is 2. The molecule has 5 nitrogen and oxygen atoms in total. The van der Waals surface area contributed by atoms with E-state index in [1.54, 1.807) is 7.11 Å². The Labute approximate surface area is 152 Å². The summed E-state index contributed by atoms with van der Waals surface area (Å²) in [6.45, 7) is 1.42. The van der Waals surface area contributed by atoms with Crippen molar-refractivity contribution >= 4 is 11.7 Å². The molecule has 1 aliphatic rings. The number of urea groups is 1. The zero-order valence-electron chi connectivity index (χ0n) is 14.6. The number of ether oxygens (including phenoxy) is 1. The van der Waals surface area contributed by atoms with Gasteiger partial charge in [0.05, 0.1) is 18.8 Å². The third-order valence-corrected chi connectivity index (χ3v) is 4.76. The fourth-order valence-corrected chi connectivity index (χ4v) is 3.52. The summed E-state index contributed by atoms with van der Waals surface area (Å²) in [6, 6.07) is 21.5. The minimum Gasteiger partial charge on any atom is -0.495 e. The fraction of sp³-hybridized carbons (Fsp3) is 0.190. The van der Waals surface area contributed by atoms with Crippen LogP contribution in [0.15, 0.2) is 72.9 Å². The van der Waals surface area contributed by atoms with Crippen LogP contribution in [-0.2, 0) is 6.54 Å². The second kappa shape index (κ2) is 6.96. The van der Waals surface area contributed by atoms with Gasteiger partial charge in [-0.25, -0.2) is 4.79 Å². The highest BCUT2D eigenvalue weighted by Crippen LogP contribution is 2.33. The number of carbonyl (C=O) groups excluding carboxylic acids is 1. The van der Waals surface area contributed by atoms with Crippen molar-refractivity contribution in [1.82, 2.24) is 9.47 Å². The lowest BCUT2D eigenvalue weighted by Crippen LogP contribution is -2.44. The van der Waals surface area contributed by atoms with Gasteiger partial charge in [0, 0.05) is 25.0 Å². The van der Waals surface area contributed by atoms with Gasteiger partial charge in [0.2, 0.25) is 0 Å². The molecule has 4 rings (SSSR count). The number of carbonyl (C=O) groups is 1. The molecule has 0 unspecified atom stereocenters. The van der Waals surface area contributed by atoms with E-state index in [0.29, 0.717) is 18.0 Å². The Morgan fingerprint density at radius 3 is 2.58 bits per heavy atom. The average molecular weight is 347 g/mol. The SMILES string of the molecule is COc1ccccc1NC(=O)N1CCn2cccc2[C@H]1c1ccccc1. The summed E-state index contributed by atoms with van der Waals surface area (Å²) in [5, 5.41) is 3.01. The van der Waals surface area contributed by atoms with Crippen LogP contribution in [0, 0.1) is 0 Å². The van der Waals surface area contributed by atoms with Crippen molar-refractivity contribution in [3.05, 3.63) is 84.2 Å². The standard InChI is InChI=1S/C21H21N3O2/c1-26-19-12-6-5-10-17(19)22-21(25)24-15-14-23-13-7-11-18(23)20(24)16-8-3-2-4-9-16/h2-13,20H,14-15H2,1H3,(H,22,25)/t20-/m1/s1. The van der Waals surface area contributed by atoms with Gasteiger partial charge in [-0.05, 0) is 29.8 Å². The second-order valence-corrected chi connectivity index (χ2v) is 6.26. The first-order valence-corrected chi connectivity index (χ1v) is 8.68. The molecular formula is C21H21N3O2. The van der Waals surface area contributed by atoms with E-state index in [-0.39, 0.29) is 12.1 Å². The zero-order valence-corrected chi connectivity index (χ0v) is 14.6. The maximum Gasteiger partial charge on any atom is 0.322 e. The van der Waals surface area contributed by atoms with E-state index in [1.165, 1.54) is 0 Å². The molecule has 0 spiro atoms. The zero-order chi connectivity index (χ0) is 17.9. The van der Waals surface area contributed by atoms with E-state index in [1.807, 2.05) is 53.4 Å². The molecule has 0 aliphatic carbocycles. The van der Waals surface area contributed by atoms with Gasteiger partial charge in [0.1, 0.15) is 5.75 Å². The van der Waals surface area contributed by atoms with Crippen molar-refractivity contribution in [2.45, 2.75) is 12.6 Å². The fourth-order valence-electron chi connectivity index (χ4n) is 3.52. The molecule has 0 saturated heterocycles. The van der Waals surface area contributed by atoms with Crippen LogP contribution < -0.4 is 10.1 Å². The number of hydrogen-bond acceptors (Lipinski definition) is 2. The van der Waals surface area contributed by atoms with Gasteiger partial charge in [-0.15, -0.1) is 0 Å². The number of nitrogens with one attached hydrogen (secondary N) is 1. The minimum absolute atomic E-state index is 0.116. The molecular weight excluding hydrogens is 326 g/mol. The van der Waals surface area contributed by atoms with Gasteiger partial charge in [-0.3, -0.25) is 0 Å². The number of anilines is 1. The Kier molecular flexibility index (Phi) is 4.35. The molecule has 3 aromatic rings. The quantitative estimate of drug-likeness (QED) is 0.774. The number of rotatable bonds is 3. The molecule has 0 saturated carbocycles. The van der Waals surface area contributed by atoms with Crippen LogP contribution in [-0.4, -0.2) is 29.2 Å². The first-order valence-electron chi connectivity index (χ1n) is 8.68. The number of benzene rings is 2. The Hall–Kier alpha value is -3.21. The Bertz CT molecular complexity index is 904. The molecule has 1 aliphatic heterocycles. The number of aromatic nitrogens is 1. The van der Waals surface area contributed by atoms with E-state index in [9.17, 15) is 4.79 Å². The number of methoxy groups -OCH3 is 1. The number of para-hydroxylation sites is 2. The second-order valence-electron chi connectivity index (χ2n) is 6.26. The topological polar surface area (TPSA) is 46.5 Å². The molecule has 1 atom stereocenters. The van der Waals surface area contributed by atoms with Crippen molar-refractivity contribution in [3.8, 4) is 5.75 Å². The van der Waals surface area contributed by atoms with Crippen LogP contribution in [0.4, 0.5) is 10.5 Å². The molecule has 0 bridgehead atoms. The summed E-state index contributed by atoms with van der Waals surface area (Å²) in [5.74, 6) is 0.650.